The summed E-state index contributed by atoms with van der Waals surface area (Å²) >= 11 is 0. The van der Waals surface area contributed by atoms with Gasteiger partial charge < -0.3 is 9.80 Å². The van der Waals surface area contributed by atoms with Gasteiger partial charge in [-0.2, -0.15) is 5.10 Å². The third-order valence-corrected chi connectivity index (χ3v) is 5.26. The van der Waals surface area contributed by atoms with E-state index in [2.05, 4.69) is 51.2 Å². The smallest absolute Gasteiger partial charge is 0.223 e. The highest BCUT2D eigenvalue weighted by molar-refractivity contribution is 5.76. The lowest BCUT2D eigenvalue weighted by Crippen LogP contribution is -2.49. The van der Waals surface area contributed by atoms with Crippen LogP contribution < -0.4 is 4.90 Å². The molecule has 1 saturated heterocycles. The van der Waals surface area contributed by atoms with Crippen LogP contribution in [0.2, 0.25) is 0 Å². The fourth-order valence-electron chi connectivity index (χ4n) is 3.64. The summed E-state index contributed by atoms with van der Waals surface area (Å²) in [7, 11) is 0. The molecule has 0 spiro atoms. The van der Waals surface area contributed by atoms with Gasteiger partial charge in [-0.25, -0.2) is 14.6 Å². The summed E-state index contributed by atoms with van der Waals surface area (Å²) in [5, 5.41) is 4.41. The van der Waals surface area contributed by atoms with Crippen molar-refractivity contribution in [1.82, 2.24) is 24.6 Å². The topological polar surface area (TPSA) is 67.2 Å². The van der Waals surface area contributed by atoms with Crippen molar-refractivity contribution in [3.8, 4) is 5.82 Å². The van der Waals surface area contributed by atoms with Gasteiger partial charge in [0.05, 0.1) is 5.69 Å². The van der Waals surface area contributed by atoms with Crippen molar-refractivity contribution in [3.05, 3.63) is 65.7 Å². The number of amides is 1. The van der Waals surface area contributed by atoms with Crippen LogP contribution in [-0.4, -0.2) is 56.7 Å². The Hall–Kier alpha value is -3.22. The molecule has 0 N–H and O–H groups in total. The van der Waals surface area contributed by atoms with E-state index in [-0.39, 0.29) is 5.91 Å². The molecule has 0 aliphatic carbocycles. The molecular weight excluding hydrogens is 364 g/mol. The Labute approximate surface area is 171 Å². The molecule has 0 radical (unpaired) electrons. The molecule has 0 saturated carbocycles. The van der Waals surface area contributed by atoms with Gasteiger partial charge in [0.15, 0.2) is 5.82 Å². The number of carbonyl (C=O) groups excluding carboxylic acids is 1. The Morgan fingerprint density at radius 3 is 2.52 bits per heavy atom. The minimum absolute atomic E-state index is 0.224. The van der Waals surface area contributed by atoms with E-state index in [1.165, 1.54) is 11.1 Å². The molecule has 150 valence electrons. The van der Waals surface area contributed by atoms with Crippen molar-refractivity contribution in [2.75, 3.05) is 31.1 Å². The first-order valence-corrected chi connectivity index (χ1v) is 10.0. The van der Waals surface area contributed by atoms with Crippen LogP contribution in [-0.2, 0) is 11.2 Å². The highest BCUT2D eigenvalue weighted by Gasteiger charge is 2.22. The Kier molecular flexibility index (Phi) is 5.55. The molecule has 3 heterocycles. The number of aryl methyl sites for hydroxylation is 3. The predicted octanol–water partition coefficient (Wildman–Crippen LogP) is 2.56. The summed E-state index contributed by atoms with van der Waals surface area (Å²) < 4.78 is 1.76. The second kappa shape index (κ2) is 8.43. The maximum absolute atomic E-state index is 12.6. The number of anilines is 1. The van der Waals surface area contributed by atoms with Gasteiger partial charge in [0.1, 0.15) is 12.1 Å². The molecule has 7 heteroatoms. The second-order valence-electron chi connectivity index (χ2n) is 7.49. The van der Waals surface area contributed by atoms with E-state index in [4.69, 9.17) is 0 Å². The first kappa shape index (κ1) is 19.1. The van der Waals surface area contributed by atoms with Crippen molar-refractivity contribution in [1.29, 1.82) is 0 Å². The molecule has 1 fully saturated rings. The molecule has 0 bridgehead atoms. The van der Waals surface area contributed by atoms with Gasteiger partial charge in [-0.1, -0.05) is 29.8 Å². The molecule has 1 aromatic carbocycles. The minimum atomic E-state index is 0.224. The standard InChI is InChI=1S/C22H26N6O/c1-17-4-3-5-19(14-17)6-7-22(29)27-12-10-26(11-13-27)20-15-21(24-16-23-20)28-9-8-18(2)25-28/h3-5,8-9,14-16H,6-7,10-13H2,1-2H3. The highest BCUT2D eigenvalue weighted by Crippen LogP contribution is 2.17. The first-order valence-electron chi connectivity index (χ1n) is 10.0. The number of benzene rings is 1. The highest BCUT2D eigenvalue weighted by atomic mass is 16.2. The molecule has 1 aliphatic heterocycles. The number of nitrogens with zero attached hydrogens (tertiary/aromatic N) is 6. The largest absolute Gasteiger partial charge is 0.353 e. The van der Waals surface area contributed by atoms with Gasteiger partial charge in [0, 0.05) is 44.9 Å². The Bertz CT molecular complexity index is 990. The van der Waals surface area contributed by atoms with Gasteiger partial charge in [-0.05, 0) is 31.9 Å². The van der Waals surface area contributed by atoms with Gasteiger partial charge in [0.2, 0.25) is 5.91 Å². The molecule has 4 rings (SSSR count). The molecule has 3 aromatic rings. The van der Waals surface area contributed by atoms with E-state index in [1.807, 2.05) is 30.2 Å². The summed E-state index contributed by atoms with van der Waals surface area (Å²) in [6.07, 6.45) is 4.81. The van der Waals surface area contributed by atoms with Gasteiger partial charge in [-0.3, -0.25) is 4.79 Å². The lowest BCUT2D eigenvalue weighted by atomic mass is 10.1. The van der Waals surface area contributed by atoms with Crippen molar-refractivity contribution in [3.63, 3.8) is 0 Å². The van der Waals surface area contributed by atoms with Crippen LogP contribution in [0.25, 0.3) is 5.82 Å². The third-order valence-electron chi connectivity index (χ3n) is 5.26. The van der Waals surface area contributed by atoms with Crippen LogP contribution in [0.5, 0.6) is 0 Å². The van der Waals surface area contributed by atoms with Crippen molar-refractivity contribution in [2.45, 2.75) is 26.7 Å². The Morgan fingerprint density at radius 1 is 1.00 bits per heavy atom. The predicted molar refractivity (Wildman–Crippen MR) is 112 cm³/mol. The fraction of sp³-hybridized carbons (Fsp3) is 0.364. The number of piperazine rings is 1. The number of hydrogen-bond acceptors (Lipinski definition) is 5. The second-order valence-corrected chi connectivity index (χ2v) is 7.49. The number of aromatic nitrogens is 4. The van der Waals surface area contributed by atoms with Crippen LogP contribution >= 0.6 is 0 Å². The summed E-state index contributed by atoms with van der Waals surface area (Å²) in [6, 6.07) is 12.3. The van der Waals surface area contributed by atoms with Crippen molar-refractivity contribution in [2.24, 2.45) is 0 Å². The van der Waals surface area contributed by atoms with Gasteiger partial charge >= 0.3 is 0 Å². The Morgan fingerprint density at radius 2 is 1.79 bits per heavy atom. The Balaban J connectivity index is 1.33. The molecule has 1 aliphatic rings. The lowest BCUT2D eigenvalue weighted by molar-refractivity contribution is -0.131. The summed E-state index contributed by atoms with van der Waals surface area (Å²) in [5.41, 5.74) is 3.40. The fourth-order valence-corrected chi connectivity index (χ4v) is 3.64. The first-order chi connectivity index (χ1) is 14.1. The molecule has 0 atom stereocenters. The number of hydrogen-bond donors (Lipinski definition) is 0. The van der Waals surface area contributed by atoms with E-state index < -0.39 is 0 Å². The maximum atomic E-state index is 12.6. The molecule has 29 heavy (non-hydrogen) atoms. The van der Waals surface area contributed by atoms with Crippen molar-refractivity contribution < 1.29 is 4.79 Å². The summed E-state index contributed by atoms with van der Waals surface area (Å²) in [4.78, 5) is 25.5. The minimum Gasteiger partial charge on any atom is -0.353 e. The third kappa shape index (κ3) is 4.62. The average Bonchev–Trinajstić information content (AvgIpc) is 3.19. The molecule has 1 amide bonds. The number of rotatable bonds is 5. The zero-order valence-electron chi connectivity index (χ0n) is 17.0. The average molecular weight is 390 g/mol. The van der Waals surface area contributed by atoms with Gasteiger partial charge in [0.25, 0.3) is 0 Å². The van der Waals surface area contributed by atoms with Crippen LogP contribution in [0.1, 0.15) is 23.2 Å². The monoisotopic (exact) mass is 390 g/mol. The summed E-state index contributed by atoms with van der Waals surface area (Å²) in [5.74, 6) is 1.84. The van der Waals surface area contributed by atoms with Crippen LogP contribution in [0.4, 0.5) is 5.82 Å². The van der Waals surface area contributed by atoms with E-state index in [9.17, 15) is 4.79 Å². The zero-order valence-corrected chi connectivity index (χ0v) is 17.0. The van der Waals surface area contributed by atoms with Crippen LogP contribution in [0.3, 0.4) is 0 Å². The van der Waals surface area contributed by atoms with E-state index in [0.717, 1.165) is 36.8 Å². The van der Waals surface area contributed by atoms with Gasteiger partial charge in [-0.15, -0.1) is 0 Å². The molecule has 7 nitrogen and oxygen atoms in total. The quantitative estimate of drug-likeness (QED) is 0.670. The van der Waals surface area contributed by atoms with Crippen LogP contribution in [0, 0.1) is 13.8 Å². The summed E-state index contributed by atoms with van der Waals surface area (Å²) in [6.45, 7) is 7.00. The maximum Gasteiger partial charge on any atom is 0.223 e. The van der Waals surface area contributed by atoms with E-state index in [0.29, 0.717) is 19.5 Å². The molecule has 0 unspecified atom stereocenters. The SMILES string of the molecule is Cc1cccc(CCC(=O)N2CCN(c3cc(-n4ccc(C)n4)ncn3)CC2)c1. The van der Waals surface area contributed by atoms with Crippen molar-refractivity contribution >= 4 is 11.7 Å². The van der Waals surface area contributed by atoms with E-state index >= 15 is 0 Å². The zero-order chi connectivity index (χ0) is 20.2. The molecular formula is C22H26N6O. The van der Waals surface area contributed by atoms with Crippen LogP contribution in [0.15, 0.2) is 48.9 Å². The van der Waals surface area contributed by atoms with E-state index in [1.54, 1.807) is 11.0 Å². The molecule has 2 aromatic heterocycles. The number of carbonyl (C=O) groups is 1. The normalized spacial score (nSPS) is 14.3. The lowest BCUT2D eigenvalue weighted by Gasteiger charge is -2.35.